The van der Waals surface area contributed by atoms with Crippen LogP contribution in [0, 0.1) is 18.2 Å². The normalized spacial score (nSPS) is 22.8. The van der Waals surface area contributed by atoms with Crippen LogP contribution in [-0.4, -0.2) is 61.1 Å². The van der Waals surface area contributed by atoms with Gasteiger partial charge in [-0.05, 0) is 86.2 Å². The lowest BCUT2D eigenvalue weighted by Gasteiger charge is -2.50. The fraction of sp³-hybridized carbons (Fsp3) is 0.375. The van der Waals surface area contributed by atoms with Crippen LogP contribution in [-0.2, 0) is 23.5 Å². The Morgan fingerprint density at radius 1 is 1.04 bits per heavy atom. The summed E-state index contributed by atoms with van der Waals surface area (Å²) in [5, 5.41) is 8.57. The van der Waals surface area contributed by atoms with E-state index < -0.39 is 46.3 Å². The molecule has 0 radical (unpaired) electrons. The first-order valence-corrected chi connectivity index (χ1v) is 16.2. The number of allylic oxidation sites excluding steroid dienone is 1. The summed E-state index contributed by atoms with van der Waals surface area (Å²) < 4.78 is 74.6. The molecule has 0 bridgehead atoms. The predicted molar refractivity (Wildman–Crippen MR) is 159 cm³/mol. The SMILES string of the molecule is Cc1ccnc(C(=O)[C@]23Cc4cnn(-c5ccc(F)cc5)c4C=C2CC[C@H](N(C2CC(F)(F)C2)S(=O)(=O)c2cnn(C)c2)C3)c1. The molecule has 1 aromatic carbocycles. The molecule has 3 aliphatic carbocycles. The van der Waals surface area contributed by atoms with Gasteiger partial charge in [0.1, 0.15) is 16.4 Å². The molecule has 0 N–H and O–H groups in total. The summed E-state index contributed by atoms with van der Waals surface area (Å²) in [7, 11) is -2.63. The third-order valence-corrected chi connectivity index (χ3v) is 11.3. The Morgan fingerprint density at radius 3 is 2.47 bits per heavy atom. The minimum atomic E-state index is -4.22. The third-order valence-electron chi connectivity index (χ3n) is 9.33. The van der Waals surface area contributed by atoms with Gasteiger partial charge in [-0.2, -0.15) is 14.5 Å². The Balaban J connectivity index is 1.33. The molecule has 0 spiro atoms. The van der Waals surface area contributed by atoms with E-state index in [2.05, 4.69) is 15.2 Å². The number of fused-ring (bicyclic) bond motifs is 2. The molecular weight excluding hydrogens is 605 g/mol. The van der Waals surface area contributed by atoms with Gasteiger partial charge >= 0.3 is 0 Å². The number of alkyl halides is 2. The van der Waals surface area contributed by atoms with Crippen molar-refractivity contribution >= 4 is 21.9 Å². The highest BCUT2D eigenvalue weighted by molar-refractivity contribution is 7.89. The molecule has 13 heteroatoms. The topological polar surface area (TPSA) is 103 Å². The Hall–Kier alpha value is -4.10. The van der Waals surface area contributed by atoms with Crippen molar-refractivity contribution in [2.75, 3.05) is 0 Å². The Bertz CT molecular complexity index is 1940. The minimum Gasteiger partial charge on any atom is -0.291 e. The van der Waals surface area contributed by atoms with E-state index >= 15 is 0 Å². The Labute approximate surface area is 258 Å². The van der Waals surface area contributed by atoms with Crippen molar-refractivity contribution in [3.8, 4) is 5.69 Å². The van der Waals surface area contributed by atoms with E-state index in [0.29, 0.717) is 18.5 Å². The lowest BCUT2D eigenvalue weighted by Crippen LogP contribution is -2.59. The number of nitrogens with zero attached hydrogens (tertiary/aromatic N) is 6. The summed E-state index contributed by atoms with van der Waals surface area (Å²) in [4.78, 5) is 18.9. The zero-order chi connectivity index (χ0) is 31.7. The van der Waals surface area contributed by atoms with Crippen molar-refractivity contribution in [2.45, 2.75) is 68.4 Å². The summed E-state index contributed by atoms with van der Waals surface area (Å²) in [6.45, 7) is 1.86. The van der Waals surface area contributed by atoms with Gasteiger partial charge in [-0.1, -0.05) is 5.57 Å². The maximum Gasteiger partial charge on any atom is 0.251 e. The van der Waals surface area contributed by atoms with Gasteiger partial charge in [0.15, 0.2) is 5.78 Å². The number of pyridine rings is 1. The summed E-state index contributed by atoms with van der Waals surface area (Å²) in [6, 6.07) is 7.81. The molecule has 45 heavy (non-hydrogen) atoms. The number of ketones is 1. The second-order valence-electron chi connectivity index (χ2n) is 12.4. The van der Waals surface area contributed by atoms with Crippen LogP contribution in [0.2, 0.25) is 0 Å². The number of aromatic nitrogens is 5. The smallest absolute Gasteiger partial charge is 0.251 e. The van der Waals surface area contributed by atoms with Crippen LogP contribution in [0.25, 0.3) is 11.8 Å². The number of hydrogen-bond acceptors (Lipinski definition) is 6. The number of aryl methyl sites for hydroxylation is 2. The van der Waals surface area contributed by atoms with Crippen LogP contribution in [0.1, 0.15) is 59.4 Å². The van der Waals surface area contributed by atoms with Crippen LogP contribution >= 0.6 is 0 Å². The number of carbonyl (C=O) groups excluding carboxylic acids is 1. The van der Waals surface area contributed by atoms with E-state index in [1.54, 1.807) is 48.4 Å². The van der Waals surface area contributed by atoms with Crippen LogP contribution in [0.3, 0.4) is 0 Å². The fourth-order valence-corrected chi connectivity index (χ4v) is 8.97. The van der Waals surface area contributed by atoms with Crippen LogP contribution in [0.5, 0.6) is 0 Å². The monoisotopic (exact) mass is 636 g/mol. The maximum atomic E-state index is 14.6. The van der Waals surface area contributed by atoms with Crippen molar-refractivity contribution in [1.82, 2.24) is 28.9 Å². The lowest BCUT2D eigenvalue weighted by molar-refractivity contribution is -0.116. The standard InChI is InChI=1S/C32H31F3N6O3S/c1-20-9-10-36-28(11-20)30(42)31-13-21-17-38-40(24-7-4-23(33)5-8-24)29(21)12-22(31)3-6-25(14-31)41(26-15-32(34,35)16-26)45(43,44)27-18-37-39(2)19-27/h4-5,7-12,17-19,25-26H,3,6,13-16H2,1-2H3/t25-,31-/m0/s1. The Kier molecular flexibility index (Phi) is 6.89. The van der Waals surface area contributed by atoms with Crippen molar-refractivity contribution in [2.24, 2.45) is 12.5 Å². The fourth-order valence-electron chi connectivity index (χ4n) is 7.15. The maximum absolute atomic E-state index is 14.6. The van der Waals surface area contributed by atoms with Crippen LogP contribution < -0.4 is 0 Å². The molecule has 2 atom stereocenters. The largest absolute Gasteiger partial charge is 0.291 e. The zero-order valence-corrected chi connectivity index (χ0v) is 25.5. The highest BCUT2D eigenvalue weighted by atomic mass is 32.2. The van der Waals surface area contributed by atoms with E-state index in [1.165, 1.54) is 33.5 Å². The van der Waals surface area contributed by atoms with Gasteiger partial charge in [0.2, 0.25) is 10.0 Å². The molecule has 0 amide bonds. The number of carbonyl (C=O) groups is 1. The molecular formula is C32H31F3N6O3S. The first-order valence-electron chi connectivity index (χ1n) is 14.8. The van der Waals surface area contributed by atoms with Crippen molar-refractivity contribution < 1.29 is 26.4 Å². The van der Waals surface area contributed by atoms with Gasteiger partial charge in [0.05, 0.1) is 29.2 Å². The first kappa shape index (κ1) is 29.6. The average Bonchev–Trinajstić information content (AvgIpc) is 3.61. The molecule has 2 fully saturated rings. The number of sulfonamides is 1. The van der Waals surface area contributed by atoms with Crippen molar-refractivity contribution in [1.29, 1.82) is 0 Å². The van der Waals surface area contributed by atoms with Gasteiger partial charge in [-0.3, -0.25) is 14.5 Å². The number of benzene rings is 1. The molecule has 4 aromatic rings. The predicted octanol–water partition coefficient (Wildman–Crippen LogP) is 5.30. The van der Waals surface area contributed by atoms with Gasteiger partial charge in [-0.25, -0.2) is 26.3 Å². The third kappa shape index (κ3) is 5.02. The zero-order valence-electron chi connectivity index (χ0n) is 24.7. The second kappa shape index (κ2) is 10.5. The number of Topliss-reactive ketones (excluding diaryl/α,β-unsaturated/α-hetero) is 1. The summed E-state index contributed by atoms with van der Waals surface area (Å²) in [5.74, 6) is -3.58. The number of hydrogen-bond donors (Lipinski definition) is 0. The summed E-state index contributed by atoms with van der Waals surface area (Å²) in [5.41, 5.74) is 2.91. The number of halogens is 3. The van der Waals surface area contributed by atoms with E-state index in [4.69, 9.17) is 0 Å². The molecule has 0 saturated heterocycles. The van der Waals surface area contributed by atoms with Gasteiger partial charge in [0, 0.05) is 44.4 Å². The minimum absolute atomic E-state index is 0.0752. The van der Waals surface area contributed by atoms with Gasteiger partial charge < -0.3 is 0 Å². The van der Waals surface area contributed by atoms with Gasteiger partial charge in [-0.15, -0.1) is 0 Å². The van der Waals surface area contributed by atoms with Gasteiger partial charge in [0.25, 0.3) is 5.92 Å². The lowest BCUT2D eigenvalue weighted by atomic mass is 9.60. The van der Waals surface area contributed by atoms with Crippen molar-refractivity contribution in [3.05, 3.63) is 95.1 Å². The molecule has 0 unspecified atom stereocenters. The number of rotatable bonds is 7. The molecule has 3 heterocycles. The summed E-state index contributed by atoms with van der Waals surface area (Å²) >= 11 is 0. The molecule has 0 aliphatic heterocycles. The molecule has 234 valence electrons. The second-order valence-corrected chi connectivity index (χ2v) is 14.3. The van der Waals surface area contributed by atoms with Crippen molar-refractivity contribution in [3.63, 3.8) is 0 Å². The molecule has 7 rings (SSSR count). The van der Waals surface area contributed by atoms with E-state index in [9.17, 15) is 26.4 Å². The van der Waals surface area contributed by atoms with Crippen LogP contribution in [0.15, 0.2) is 71.7 Å². The van der Waals surface area contributed by atoms with E-state index in [1.807, 2.05) is 13.0 Å². The highest BCUT2D eigenvalue weighted by Crippen LogP contribution is 2.53. The van der Waals surface area contributed by atoms with E-state index in [0.717, 1.165) is 22.4 Å². The molecule has 2 saturated carbocycles. The highest BCUT2D eigenvalue weighted by Gasteiger charge is 2.57. The molecule has 3 aliphatic rings. The molecule has 3 aromatic heterocycles. The van der Waals surface area contributed by atoms with Crippen LogP contribution in [0.4, 0.5) is 13.2 Å². The van der Waals surface area contributed by atoms with E-state index in [-0.39, 0.29) is 35.0 Å². The Morgan fingerprint density at radius 2 is 1.80 bits per heavy atom. The quantitative estimate of drug-likeness (QED) is 0.255. The first-order chi connectivity index (χ1) is 21.4. The summed E-state index contributed by atoms with van der Waals surface area (Å²) in [6.07, 6.45) is 7.60. The average molecular weight is 637 g/mol. The molecule has 9 nitrogen and oxygen atoms in total.